The molecule has 0 spiro atoms. The van der Waals surface area contributed by atoms with Gasteiger partial charge in [-0.25, -0.2) is 4.79 Å². The summed E-state index contributed by atoms with van der Waals surface area (Å²) in [6.45, 7) is 6.24. The normalized spacial score (nSPS) is 11.4. The second-order valence-corrected chi connectivity index (χ2v) is 9.28. The van der Waals surface area contributed by atoms with Crippen molar-refractivity contribution in [3.8, 4) is 0 Å². The fraction of sp³-hybridized carbons (Fsp3) is 0.600. The van der Waals surface area contributed by atoms with Crippen LogP contribution in [0.5, 0.6) is 0 Å². The molecule has 1 aromatic rings. The lowest BCUT2D eigenvalue weighted by atomic mass is 10.2. The van der Waals surface area contributed by atoms with Gasteiger partial charge in [0.1, 0.15) is 5.60 Å². The lowest BCUT2D eigenvalue weighted by molar-refractivity contribution is 0.0396. The molecule has 14 heteroatoms. The largest absolute Gasteiger partial charge is 0.444 e. The summed E-state index contributed by atoms with van der Waals surface area (Å²) < 4.78 is 45.1. The number of amides is 2. The molecule has 0 fully saturated rings. The van der Waals surface area contributed by atoms with Crippen LogP contribution in [0.3, 0.4) is 0 Å². The zero-order valence-corrected chi connectivity index (χ0v) is 20.3. The van der Waals surface area contributed by atoms with E-state index in [1.54, 1.807) is 20.8 Å². The van der Waals surface area contributed by atoms with Gasteiger partial charge < -0.3 is 24.8 Å². The van der Waals surface area contributed by atoms with E-state index in [2.05, 4.69) is 20.7 Å². The molecule has 0 bridgehead atoms. The maximum atomic E-state index is 12.4. The Kier molecular flexibility index (Phi) is 12.9. The van der Waals surface area contributed by atoms with Crippen LogP contribution in [0.25, 0.3) is 10.4 Å². The minimum atomic E-state index is -4.09. The monoisotopic (exact) mass is 501 g/mol. The van der Waals surface area contributed by atoms with E-state index >= 15 is 0 Å². The highest BCUT2D eigenvalue weighted by Crippen LogP contribution is 2.14. The number of benzene rings is 1. The number of nitrogens with zero attached hydrogens (tertiary/aromatic N) is 3. The zero-order chi connectivity index (χ0) is 25.5. The Balaban J connectivity index is 2.38. The van der Waals surface area contributed by atoms with Gasteiger partial charge in [0.15, 0.2) is 0 Å². The molecule has 0 aliphatic carbocycles. The predicted molar refractivity (Wildman–Crippen MR) is 122 cm³/mol. The van der Waals surface area contributed by atoms with Crippen LogP contribution in [0.15, 0.2) is 34.3 Å². The van der Waals surface area contributed by atoms with Gasteiger partial charge >= 0.3 is 6.09 Å². The van der Waals surface area contributed by atoms with Crippen LogP contribution in [0.4, 0.5) is 4.79 Å². The van der Waals surface area contributed by atoms with Crippen LogP contribution in [-0.2, 0) is 28.5 Å². The maximum Gasteiger partial charge on any atom is 0.407 e. The number of hydrogen-bond donors (Lipinski definition) is 2. The van der Waals surface area contributed by atoms with Gasteiger partial charge in [-0.3, -0.25) is 8.98 Å². The molecule has 1 rings (SSSR count). The summed E-state index contributed by atoms with van der Waals surface area (Å²) in [4.78, 5) is 26.3. The highest BCUT2D eigenvalue weighted by molar-refractivity contribution is 7.86. The summed E-state index contributed by atoms with van der Waals surface area (Å²) >= 11 is 0. The molecule has 0 saturated carbocycles. The molecule has 0 atom stereocenters. The van der Waals surface area contributed by atoms with Gasteiger partial charge in [0.25, 0.3) is 16.0 Å². The topological polar surface area (TPSA) is 178 Å². The second kappa shape index (κ2) is 15.1. The summed E-state index contributed by atoms with van der Waals surface area (Å²) in [6, 6.07) is 5.40. The average Bonchev–Trinajstić information content (AvgIpc) is 2.76. The van der Waals surface area contributed by atoms with Crippen LogP contribution in [0.1, 0.15) is 31.1 Å². The molecule has 0 saturated heterocycles. The molecule has 0 aliphatic heterocycles. The van der Waals surface area contributed by atoms with Gasteiger partial charge in [-0.2, -0.15) is 8.42 Å². The minimum absolute atomic E-state index is 0.0176. The van der Waals surface area contributed by atoms with Crippen molar-refractivity contribution in [2.75, 3.05) is 52.7 Å². The van der Waals surface area contributed by atoms with E-state index in [-0.39, 0.29) is 63.1 Å². The Labute approximate surface area is 198 Å². The van der Waals surface area contributed by atoms with Crippen LogP contribution in [0.2, 0.25) is 0 Å². The predicted octanol–water partition coefficient (Wildman–Crippen LogP) is 1.99. The molecule has 0 aromatic heterocycles. The van der Waals surface area contributed by atoms with Crippen LogP contribution in [0, 0.1) is 0 Å². The zero-order valence-electron chi connectivity index (χ0n) is 19.5. The van der Waals surface area contributed by atoms with E-state index in [0.29, 0.717) is 0 Å². The average molecular weight is 502 g/mol. The third-order valence-corrected chi connectivity index (χ3v) is 5.01. The summed E-state index contributed by atoms with van der Waals surface area (Å²) in [5.41, 5.74) is 7.62. The molecule has 0 unspecified atom stereocenters. The lowest BCUT2D eigenvalue weighted by Crippen LogP contribution is -2.37. The molecular weight excluding hydrogens is 470 g/mol. The molecule has 0 aliphatic rings. The van der Waals surface area contributed by atoms with E-state index < -0.39 is 27.7 Å². The van der Waals surface area contributed by atoms with E-state index in [9.17, 15) is 18.0 Å². The number of rotatable bonds is 15. The van der Waals surface area contributed by atoms with Crippen molar-refractivity contribution >= 4 is 22.1 Å². The first-order valence-corrected chi connectivity index (χ1v) is 11.9. The van der Waals surface area contributed by atoms with E-state index in [0.717, 1.165) is 0 Å². The fourth-order valence-corrected chi connectivity index (χ4v) is 3.23. The van der Waals surface area contributed by atoms with E-state index in [4.69, 9.17) is 23.9 Å². The third kappa shape index (κ3) is 13.0. The first-order valence-electron chi connectivity index (χ1n) is 10.5. The smallest absolute Gasteiger partial charge is 0.407 e. The Morgan fingerprint density at radius 3 is 2.35 bits per heavy atom. The maximum absolute atomic E-state index is 12.4. The van der Waals surface area contributed by atoms with Crippen molar-refractivity contribution in [3.05, 3.63) is 40.3 Å². The molecule has 2 N–H and O–H groups in total. The highest BCUT2D eigenvalue weighted by atomic mass is 32.2. The van der Waals surface area contributed by atoms with Crippen molar-refractivity contribution < 1.29 is 36.4 Å². The molecule has 2 amide bonds. The van der Waals surface area contributed by atoms with Crippen molar-refractivity contribution in [1.29, 1.82) is 0 Å². The molecule has 1 aromatic carbocycles. The van der Waals surface area contributed by atoms with Crippen molar-refractivity contribution in [3.63, 3.8) is 0 Å². The van der Waals surface area contributed by atoms with Gasteiger partial charge in [-0.1, -0.05) is 11.2 Å². The second-order valence-electron chi connectivity index (χ2n) is 7.67. The first-order chi connectivity index (χ1) is 16.0. The minimum Gasteiger partial charge on any atom is -0.444 e. The number of carbonyl (C=O) groups excluding carboxylic acids is 2. The number of carbonyl (C=O) groups is 2. The Bertz CT molecular complexity index is 943. The Hall–Kier alpha value is -2.90. The first kappa shape index (κ1) is 29.1. The quantitative estimate of drug-likeness (QED) is 0.120. The molecule has 0 radical (unpaired) electrons. The Morgan fingerprint density at radius 2 is 1.68 bits per heavy atom. The summed E-state index contributed by atoms with van der Waals surface area (Å²) in [6.07, 6.45) is -0.603. The van der Waals surface area contributed by atoms with Crippen molar-refractivity contribution in [1.82, 2.24) is 10.6 Å². The van der Waals surface area contributed by atoms with Crippen LogP contribution >= 0.6 is 0 Å². The number of nitrogens with one attached hydrogen (secondary N) is 2. The fourth-order valence-electron chi connectivity index (χ4n) is 2.29. The molecule has 0 heterocycles. The summed E-state index contributed by atoms with van der Waals surface area (Å²) in [5, 5.41) is 8.40. The van der Waals surface area contributed by atoms with Gasteiger partial charge in [0.2, 0.25) is 0 Å². The SMILES string of the molecule is CC(C)(C)OC(=O)NCCNC(=O)c1cccc(S(=O)(=O)OCCOCCOCCN=[N+]=[N-])c1. The molecule has 34 heavy (non-hydrogen) atoms. The van der Waals surface area contributed by atoms with Crippen molar-refractivity contribution in [2.24, 2.45) is 5.11 Å². The van der Waals surface area contributed by atoms with Crippen molar-refractivity contribution in [2.45, 2.75) is 31.3 Å². The number of alkyl carbamates (subject to hydrolysis) is 1. The standard InChI is InChI=1S/C20H31N5O8S/c1-20(2,3)33-19(27)23-8-7-22-18(26)16-5-4-6-17(15-16)34(28,29)32-14-13-31-12-11-30-10-9-24-25-21/h4-6,15H,7-14H2,1-3H3,(H,22,26)(H,23,27). The van der Waals surface area contributed by atoms with Crippen LogP contribution < -0.4 is 10.6 Å². The highest BCUT2D eigenvalue weighted by Gasteiger charge is 2.18. The third-order valence-electron chi connectivity index (χ3n) is 3.70. The van der Waals surface area contributed by atoms with Gasteiger partial charge in [-0.05, 0) is 44.5 Å². The van der Waals surface area contributed by atoms with E-state index in [1.165, 1.54) is 24.3 Å². The number of ether oxygens (including phenoxy) is 3. The number of azide groups is 1. The summed E-state index contributed by atoms with van der Waals surface area (Å²) in [5.74, 6) is -0.508. The number of hydrogen-bond acceptors (Lipinski definition) is 9. The van der Waals surface area contributed by atoms with Crippen LogP contribution in [-0.4, -0.2) is 78.7 Å². The lowest BCUT2D eigenvalue weighted by Gasteiger charge is -2.19. The van der Waals surface area contributed by atoms with Gasteiger partial charge in [-0.15, -0.1) is 0 Å². The molecule has 13 nitrogen and oxygen atoms in total. The van der Waals surface area contributed by atoms with Gasteiger partial charge in [0.05, 0.1) is 37.9 Å². The van der Waals surface area contributed by atoms with Gasteiger partial charge in [0, 0.05) is 30.1 Å². The molecule has 190 valence electrons. The summed E-state index contributed by atoms with van der Waals surface area (Å²) in [7, 11) is -4.09. The van der Waals surface area contributed by atoms with E-state index in [1.807, 2.05) is 0 Å². The Morgan fingerprint density at radius 1 is 1.03 bits per heavy atom. The molecular formula is C20H31N5O8S.